The molecule has 2 heterocycles. The molecule has 2 aliphatic rings. The van der Waals surface area contributed by atoms with Crippen LogP contribution in [-0.2, 0) is 22.6 Å². The molecule has 6 heteroatoms. The number of guanidine groups is 1. The summed E-state index contributed by atoms with van der Waals surface area (Å²) < 4.78 is 11.3. The summed E-state index contributed by atoms with van der Waals surface area (Å²) in [5.74, 6) is 1.72. The van der Waals surface area contributed by atoms with E-state index in [1.54, 1.807) is 0 Å². The maximum Gasteiger partial charge on any atom is 0.191 e. The fourth-order valence-electron chi connectivity index (χ4n) is 4.02. The Labute approximate surface area is 182 Å². The number of nitrogens with one attached hydrogen (secondary N) is 2. The number of hydrogen-bond donors (Lipinski definition) is 2. The van der Waals surface area contributed by atoms with Gasteiger partial charge in [0.1, 0.15) is 0 Å². The average Bonchev–Trinajstić information content (AvgIpc) is 3.29. The summed E-state index contributed by atoms with van der Waals surface area (Å²) in [5, 5.41) is 6.75. The van der Waals surface area contributed by atoms with Gasteiger partial charge < -0.3 is 20.1 Å². The summed E-state index contributed by atoms with van der Waals surface area (Å²) in [6.07, 6.45) is 6.22. The highest BCUT2D eigenvalue weighted by atomic mass is 16.5. The zero-order chi connectivity index (χ0) is 21.0. The Kier molecular flexibility index (Phi) is 9.93. The number of ether oxygens (including phenoxy) is 2. The van der Waals surface area contributed by atoms with E-state index in [1.165, 1.54) is 37.1 Å². The predicted molar refractivity (Wildman–Crippen MR) is 123 cm³/mol. The predicted octanol–water partition coefficient (Wildman–Crippen LogP) is 3.17. The van der Waals surface area contributed by atoms with Crippen LogP contribution in [0.2, 0.25) is 0 Å². The zero-order valence-corrected chi connectivity index (χ0v) is 18.9. The van der Waals surface area contributed by atoms with Crippen molar-refractivity contribution in [3.63, 3.8) is 0 Å². The van der Waals surface area contributed by atoms with Crippen LogP contribution in [-0.4, -0.2) is 63.5 Å². The van der Waals surface area contributed by atoms with Crippen LogP contribution in [0.15, 0.2) is 29.3 Å². The van der Waals surface area contributed by atoms with Crippen LogP contribution in [0.4, 0.5) is 0 Å². The molecule has 0 aromatic heterocycles. The Hall–Kier alpha value is -1.63. The van der Waals surface area contributed by atoms with Crippen molar-refractivity contribution in [2.45, 2.75) is 58.2 Å². The summed E-state index contributed by atoms with van der Waals surface area (Å²) in [6, 6.07) is 8.97. The first-order valence-electron chi connectivity index (χ1n) is 11.7. The molecule has 2 fully saturated rings. The topological polar surface area (TPSA) is 58.1 Å². The van der Waals surface area contributed by atoms with E-state index in [9.17, 15) is 0 Å². The van der Waals surface area contributed by atoms with Crippen molar-refractivity contribution in [3.05, 3.63) is 35.4 Å². The van der Waals surface area contributed by atoms with Crippen molar-refractivity contribution in [2.24, 2.45) is 10.9 Å². The number of nitrogens with zero attached hydrogens (tertiary/aromatic N) is 2. The lowest BCUT2D eigenvalue weighted by molar-refractivity contribution is 0.0168. The van der Waals surface area contributed by atoms with E-state index in [-0.39, 0.29) is 0 Å². The highest BCUT2D eigenvalue weighted by Gasteiger charge is 2.16. The molecule has 1 aromatic carbocycles. The maximum absolute atomic E-state index is 5.70. The van der Waals surface area contributed by atoms with Crippen molar-refractivity contribution >= 4 is 5.96 Å². The third-order valence-corrected chi connectivity index (χ3v) is 6.07. The van der Waals surface area contributed by atoms with Gasteiger partial charge >= 0.3 is 0 Å². The van der Waals surface area contributed by atoms with Crippen molar-refractivity contribution in [3.8, 4) is 0 Å². The summed E-state index contributed by atoms with van der Waals surface area (Å²) >= 11 is 0. The van der Waals surface area contributed by atoms with Gasteiger partial charge in [-0.05, 0) is 62.2 Å². The Balaban J connectivity index is 1.27. The van der Waals surface area contributed by atoms with Gasteiger partial charge in [0.25, 0.3) is 0 Å². The smallest absolute Gasteiger partial charge is 0.191 e. The second-order valence-electron chi connectivity index (χ2n) is 8.69. The van der Waals surface area contributed by atoms with E-state index >= 15 is 0 Å². The van der Waals surface area contributed by atoms with E-state index in [0.29, 0.717) is 6.10 Å². The van der Waals surface area contributed by atoms with Gasteiger partial charge in [-0.15, -0.1) is 0 Å². The number of aliphatic imine (C=N–C) groups is 1. The third-order valence-electron chi connectivity index (χ3n) is 6.07. The second kappa shape index (κ2) is 12.9. The molecule has 3 rings (SSSR count). The number of piperidine rings is 1. The van der Waals surface area contributed by atoms with E-state index in [0.717, 1.165) is 70.6 Å². The van der Waals surface area contributed by atoms with Crippen LogP contribution in [0.1, 0.15) is 50.2 Å². The fourth-order valence-corrected chi connectivity index (χ4v) is 4.02. The number of benzene rings is 1. The van der Waals surface area contributed by atoms with E-state index < -0.39 is 0 Å². The van der Waals surface area contributed by atoms with Crippen molar-refractivity contribution in [2.75, 3.05) is 46.5 Å². The van der Waals surface area contributed by atoms with Gasteiger partial charge in [-0.25, -0.2) is 0 Å². The minimum absolute atomic E-state index is 0.308. The zero-order valence-electron chi connectivity index (χ0n) is 18.9. The minimum atomic E-state index is 0.308. The molecule has 1 aromatic rings. The van der Waals surface area contributed by atoms with Crippen LogP contribution in [0.3, 0.4) is 0 Å². The van der Waals surface area contributed by atoms with Crippen LogP contribution in [0, 0.1) is 5.92 Å². The second-order valence-corrected chi connectivity index (χ2v) is 8.69. The number of likely N-dealkylation sites (tertiary alicyclic amines) is 1. The van der Waals surface area contributed by atoms with E-state index in [4.69, 9.17) is 9.47 Å². The molecule has 6 nitrogen and oxygen atoms in total. The van der Waals surface area contributed by atoms with Gasteiger partial charge in [-0.2, -0.15) is 0 Å². The Morgan fingerprint density at radius 3 is 2.60 bits per heavy atom. The Bertz CT molecular complexity index is 621. The first-order valence-corrected chi connectivity index (χ1v) is 11.7. The van der Waals surface area contributed by atoms with Gasteiger partial charge in [0, 0.05) is 39.9 Å². The third kappa shape index (κ3) is 8.25. The van der Waals surface area contributed by atoms with Gasteiger partial charge in [-0.1, -0.05) is 31.2 Å². The minimum Gasteiger partial charge on any atom is -0.379 e. The van der Waals surface area contributed by atoms with Crippen molar-refractivity contribution in [1.29, 1.82) is 0 Å². The van der Waals surface area contributed by atoms with E-state index in [1.807, 2.05) is 7.05 Å². The molecule has 2 N–H and O–H groups in total. The van der Waals surface area contributed by atoms with Crippen molar-refractivity contribution in [1.82, 2.24) is 15.5 Å². The number of rotatable bonds is 10. The molecule has 0 spiro atoms. The van der Waals surface area contributed by atoms with Gasteiger partial charge in [-0.3, -0.25) is 9.89 Å². The monoisotopic (exact) mass is 416 g/mol. The molecule has 30 heavy (non-hydrogen) atoms. The van der Waals surface area contributed by atoms with E-state index in [2.05, 4.69) is 51.7 Å². The Morgan fingerprint density at radius 2 is 1.90 bits per heavy atom. The molecule has 0 amide bonds. The lowest BCUT2D eigenvalue weighted by Gasteiger charge is -2.30. The summed E-state index contributed by atoms with van der Waals surface area (Å²) in [4.78, 5) is 6.88. The highest BCUT2D eigenvalue weighted by molar-refractivity contribution is 5.79. The van der Waals surface area contributed by atoms with Crippen LogP contribution in [0.25, 0.3) is 0 Å². The first-order chi connectivity index (χ1) is 14.7. The summed E-state index contributed by atoms with van der Waals surface area (Å²) in [6.45, 7) is 9.87. The molecule has 0 radical (unpaired) electrons. The summed E-state index contributed by atoms with van der Waals surface area (Å²) in [7, 11) is 1.81. The lowest BCUT2D eigenvalue weighted by Crippen LogP contribution is -2.37. The van der Waals surface area contributed by atoms with Crippen LogP contribution >= 0.6 is 0 Å². The average molecular weight is 417 g/mol. The molecule has 0 saturated carbocycles. The van der Waals surface area contributed by atoms with Gasteiger partial charge in [0.2, 0.25) is 0 Å². The lowest BCUT2D eigenvalue weighted by atomic mass is 9.99. The van der Waals surface area contributed by atoms with Gasteiger partial charge in [0.05, 0.1) is 12.7 Å². The molecule has 168 valence electrons. The molecule has 1 unspecified atom stereocenters. The highest BCUT2D eigenvalue weighted by Crippen LogP contribution is 2.18. The molecule has 0 bridgehead atoms. The largest absolute Gasteiger partial charge is 0.379 e. The van der Waals surface area contributed by atoms with Crippen LogP contribution < -0.4 is 10.6 Å². The van der Waals surface area contributed by atoms with Crippen LogP contribution in [0.5, 0.6) is 0 Å². The maximum atomic E-state index is 5.70. The first kappa shape index (κ1) is 23.0. The standard InChI is InChI=1S/C24H40N4O2/c1-20-10-13-28(14-11-20)18-22-8-6-21(7-9-22)17-27-24(25-2)26-12-4-15-29-19-23-5-3-16-30-23/h6-9,20,23H,3-5,10-19H2,1-2H3,(H2,25,26,27). The molecule has 1 atom stereocenters. The molecular weight excluding hydrogens is 376 g/mol. The Morgan fingerprint density at radius 1 is 1.13 bits per heavy atom. The SMILES string of the molecule is CN=C(NCCCOCC1CCCO1)NCc1ccc(CN2CCC(C)CC2)cc1. The number of hydrogen-bond acceptors (Lipinski definition) is 4. The molecule has 0 aliphatic carbocycles. The fraction of sp³-hybridized carbons (Fsp3) is 0.708. The quantitative estimate of drug-likeness (QED) is 0.349. The molecule has 2 saturated heterocycles. The molecular formula is C24H40N4O2. The van der Waals surface area contributed by atoms with Crippen molar-refractivity contribution < 1.29 is 9.47 Å². The summed E-state index contributed by atoms with van der Waals surface area (Å²) in [5.41, 5.74) is 2.67. The van der Waals surface area contributed by atoms with Gasteiger partial charge in [0.15, 0.2) is 5.96 Å². The molecule has 2 aliphatic heterocycles. The normalized spacial score (nSPS) is 21.1.